The number of hydrogen-bond donors (Lipinski definition) is 2. The van der Waals surface area contributed by atoms with Gasteiger partial charge in [-0.05, 0) is 24.7 Å². The Balaban J connectivity index is 2.04. The zero-order chi connectivity index (χ0) is 15.2. The maximum atomic E-state index is 10.9. The largest absolute Gasteiger partial charge is 0.496 e. The van der Waals surface area contributed by atoms with Crippen molar-refractivity contribution in [2.75, 3.05) is 25.6 Å². The molecule has 2 rings (SSSR count). The van der Waals surface area contributed by atoms with Crippen molar-refractivity contribution in [1.82, 2.24) is 0 Å². The van der Waals surface area contributed by atoms with Crippen molar-refractivity contribution in [3.63, 3.8) is 0 Å². The van der Waals surface area contributed by atoms with Crippen LogP contribution in [0.1, 0.15) is 25.7 Å². The molecular weight excluding hydrogens is 272 g/mol. The summed E-state index contributed by atoms with van der Waals surface area (Å²) in [5.41, 5.74) is 0.697. The topological polar surface area (TPSA) is 84.6 Å². The third-order valence-corrected chi connectivity index (χ3v) is 4.21. The van der Waals surface area contributed by atoms with Crippen LogP contribution in [-0.4, -0.2) is 30.3 Å². The van der Waals surface area contributed by atoms with Gasteiger partial charge in [0, 0.05) is 31.0 Å². The summed E-state index contributed by atoms with van der Waals surface area (Å²) in [6.45, 7) is 0.931. The maximum Gasteiger partial charge on any atom is 0.275 e. The van der Waals surface area contributed by atoms with Crippen LogP contribution in [0.3, 0.4) is 0 Å². The highest BCUT2D eigenvalue weighted by Crippen LogP contribution is 2.31. The van der Waals surface area contributed by atoms with Crippen LogP contribution in [0.4, 0.5) is 11.4 Å². The molecule has 116 valence electrons. The molecule has 21 heavy (non-hydrogen) atoms. The molecule has 1 aliphatic rings. The number of non-ortho nitro benzene ring substituents is 1. The molecule has 1 saturated carbocycles. The average Bonchev–Trinajstić information content (AvgIpc) is 2.52. The first kappa shape index (κ1) is 15.6. The van der Waals surface area contributed by atoms with Crippen LogP contribution in [0.2, 0.25) is 0 Å². The van der Waals surface area contributed by atoms with Crippen molar-refractivity contribution in [2.24, 2.45) is 11.8 Å². The summed E-state index contributed by atoms with van der Waals surface area (Å²) in [6, 6.07) is 4.67. The number of rotatable bonds is 6. The van der Waals surface area contributed by atoms with Gasteiger partial charge in [-0.15, -0.1) is 0 Å². The average molecular weight is 294 g/mol. The van der Waals surface area contributed by atoms with E-state index in [-0.39, 0.29) is 12.3 Å². The minimum Gasteiger partial charge on any atom is -0.496 e. The summed E-state index contributed by atoms with van der Waals surface area (Å²) in [6.07, 6.45) is 4.50. The van der Waals surface area contributed by atoms with Crippen LogP contribution in [0.25, 0.3) is 0 Å². The van der Waals surface area contributed by atoms with Crippen LogP contribution in [0, 0.1) is 22.0 Å². The number of benzene rings is 1. The molecule has 1 fully saturated rings. The first-order chi connectivity index (χ1) is 10.1. The van der Waals surface area contributed by atoms with Gasteiger partial charge in [0.25, 0.3) is 5.69 Å². The fraction of sp³-hybridized carbons (Fsp3) is 0.600. The molecular formula is C15H22N2O4. The Morgan fingerprint density at radius 3 is 2.67 bits per heavy atom. The molecule has 6 nitrogen and oxygen atoms in total. The highest BCUT2D eigenvalue weighted by Gasteiger charge is 2.24. The lowest BCUT2D eigenvalue weighted by molar-refractivity contribution is -0.384. The lowest BCUT2D eigenvalue weighted by atomic mass is 9.79. The zero-order valence-corrected chi connectivity index (χ0v) is 12.2. The molecule has 0 radical (unpaired) electrons. The monoisotopic (exact) mass is 294 g/mol. The molecule has 0 spiro atoms. The van der Waals surface area contributed by atoms with E-state index in [9.17, 15) is 15.2 Å². The highest BCUT2D eigenvalue weighted by molar-refractivity contribution is 5.56. The fourth-order valence-electron chi connectivity index (χ4n) is 2.95. The number of nitrogens with one attached hydrogen (secondary N) is 1. The molecule has 1 aliphatic carbocycles. The van der Waals surface area contributed by atoms with Gasteiger partial charge in [-0.3, -0.25) is 10.1 Å². The Kier molecular flexibility index (Phi) is 5.38. The van der Waals surface area contributed by atoms with E-state index in [0.717, 1.165) is 19.4 Å². The highest BCUT2D eigenvalue weighted by atomic mass is 16.6. The van der Waals surface area contributed by atoms with Crippen molar-refractivity contribution in [3.05, 3.63) is 28.3 Å². The summed E-state index contributed by atoms with van der Waals surface area (Å²) in [5.74, 6) is 1.20. The second-order valence-corrected chi connectivity index (χ2v) is 5.54. The minimum absolute atomic E-state index is 0.0132. The number of hydrogen-bond acceptors (Lipinski definition) is 5. The van der Waals surface area contributed by atoms with Gasteiger partial charge < -0.3 is 15.2 Å². The van der Waals surface area contributed by atoms with Gasteiger partial charge >= 0.3 is 0 Å². The fourth-order valence-corrected chi connectivity index (χ4v) is 2.95. The number of nitrogens with zero attached hydrogens (tertiary/aromatic N) is 1. The minimum atomic E-state index is -0.426. The molecule has 0 bridgehead atoms. The number of nitro groups is 1. The van der Waals surface area contributed by atoms with E-state index in [0.29, 0.717) is 23.3 Å². The Morgan fingerprint density at radius 2 is 2.05 bits per heavy atom. The normalized spacial score (nSPS) is 21.8. The molecule has 0 saturated heterocycles. The number of methoxy groups -OCH3 is 1. The van der Waals surface area contributed by atoms with Crippen molar-refractivity contribution >= 4 is 11.4 Å². The number of aliphatic hydroxyl groups is 1. The third-order valence-electron chi connectivity index (χ3n) is 4.21. The van der Waals surface area contributed by atoms with Crippen molar-refractivity contribution in [2.45, 2.75) is 25.7 Å². The predicted molar refractivity (Wildman–Crippen MR) is 80.7 cm³/mol. The van der Waals surface area contributed by atoms with E-state index in [1.807, 2.05) is 0 Å². The Labute approximate surface area is 124 Å². The van der Waals surface area contributed by atoms with Crippen molar-refractivity contribution in [1.29, 1.82) is 0 Å². The van der Waals surface area contributed by atoms with Gasteiger partial charge in [-0.25, -0.2) is 0 Å². The first-order valence-electron chi connectivity index (χ1n) is 7.32. The summed E-state index contributed by atoms with van der Waals surface area (Å²) >= 11 is 0. The van der Waals surface area contributed by atoms with Gasteiger partial charge in [0.1, 0.15) is 5.75 Å². The predicted octanol–water partition coefficient (Wildman–Crippen LogP) is 2.81. The molecule has 0 heterocycles. The number of ether oxygens (including phenoxy) is 1. The van der Waals surface area contributed by atoms with Crippen LogP contribution >= 0.6 is 0 Å². The summed E-state index contributed by atoms with van der Waals surface area (Å²) in [5, 5.41) is 23.6. The molecule has 2 atom stereocenters. The molecule has 0 aliphatic heterocycles. The lowest BCUT2D eigenvalue weighted by Gasteiger charge is -2.30. The van der Waals surface area contributed by atoms with Gasteiger partial charge in [-0.2, -0.15) is 0 Å². The smallest absolute Gasteiger partial charge is 0.275 e. The second kappa shape index (κ2) is 7.26. The van der Waals surface area contributed by atoms with E-state index in [4.69, 9.17) is 4.74 Å². The maximum absolute atomic E-state index is 10.9. The summed E-state index contributed by atoms with van der Waals surface area (Å²) < 4.78 is 5.10. The van der Waals surface area contributed by atoms with Crippen LogP contribution in [0.15, 0.2) is 18.2 Å². The first-order valence-corrected chi connectivity index (χ1v) is 7.32. The third kappa shape index (κ3) is 4.07. The zero-order valence-electron chi connectivity index (χ0n) is 12.2. The molecule has 0 amide bonds. The van der Waals surface area contributed by atoms with Crippen LogP contribution in [0.5, 0.6) is 5.75 Å². The van der Waals surface area contributed by atoms with E-state index < -0.39 is 4.92 Å². The standard InChI is InChI=1S/C15H22N2O4/c1-21-15-7-13(6-14(8-15)17(19)20)16-9-11-4-2-3-5-12(11)10-18/h6-8,11-12,16,18H,2-5,9-10H2,1H3. The Hall–Kier alpha value is -1.82. The number of anilines is 1. The molecule has 2 unspecified atom stereocenters. The van der Waals surface area contributed by atoms with Crippen LogP contribution < -0.4 is 10.1 Å². The summed E-state index contributed by atoms with van der Waals surface area (Å²) in [7, 11) is 1.49. The summed E-state index contributed by atoms with van der Waals surface area (Å²) in [4.78, 5) is 10.5. The lowest BCUT2D eigenvalue weighted by Crippen LogP contribution is -2.28. The Morgan fingerprint density at radius 1 is 1.33 bits per heavy atom. The van der Waals surface area contributed by atoms with Gasteiger partial charge in [0.2, 0.25) is 0 Å². The molecule has 0 aromatic heterocycles. The molecule has 2 N–H and O–H groups in total. The van der Waals surface area contributed by atoms with Gasteiger partial charge in [-0.1, -0.05) is 12.8 Å². The number of nitro benzene ring substituents is 1. The molecule has 1 aromatic rings. The van der Waals surface area contributed by atoms with E-state index >= 15 is 0 Å². The quantitative estimate of drug-likeness (QED) is 0.622. The van der Waals surface area contributed by atoms with Gasteiger partial charge in [0.15, 0.2) is 0 Å². The molecule has 6 heteroatoms. The van der Waals surface area contributed by atoms with E-state index in [2.05, 4.69) is 5.32 Å². The SMILES string of the molecule is COc1cc(NCC2CCCCC2CO)cc([N+](=O)[O-])c1. The van der Waals surface area contributed by atoms with Crippen LogP contribution in [-0.2, 0) is 0 Å². The van der Waals surface area contributed by atoms with E-state index in [1.165, 1.54) is 32.1 Å². The van der Waals surface area contributed by atoms with E-state index in [1.54, 1.807) is 6.07 Å². The number of aliphatic hydroxyl groups excluding tert-OH is 1. The van der Waals surface area contributed by atoms with Crippen molar-refractivity contribution in [3.8, 4) is 5.75 Å². The van der Waals surface area contributed by atoms with Crippen molar-refractivity contribution < 1.29 is 14.8 Å². The van der Waals surface area contributed by atoms with Gasteiger partial charge in [0.05, 0.1) is 18.1 Å². The second-order valence-electron chi connectivity index (χ2n) is 5.54. The Bertz CT molecular complexity index is 493. The molecule has 1 aromatic carbocycles.